The molecule has 0 bridgehead atoms. The first-order chi connectivity index (χ1) is 5.18. The molecule has 0 aromatic carbocycles. The molecule has 1 atom stereocenters. The molecule has 1 nitrogen and oxygen atoms in total. The summed E-state index contributed by atoms with van der Waals surface area (Å²) in [5, 5.41) is 0. The molecule has 1 unspecified atom stereocenters. The molecule has 1 aliphatic rings. The van der Waals surface area contributed by atoms with Crippen LogP contribution in [0.2, 0.25) is 0 Å². The fraction of sp³-hybridized carbons (Fsp3) is 0.600. The van der Waals surface area contributed by atoms with Gasteiger partial charge < -0.3 is 5.73 Å². The van der Waals surface area contributed by atoms with Gasteiger partial charge in [0.2, 0.25) is 0 Å². The van der Waals surface area contributed by atoms with Gasteiger partial charge in [-0.25, -0.2) is 0 Å². The second-order valence-electron chi connectivity index (χ2n) is 3.47. The summed E-state index contributed by atoms with van der Waals surface area (Å²) < 4.78 is 0. The highest BCUT2D eigenvalue weighted by molar-refractivity contribution is 5.19. The molecule has 1 rings (SSSR count). The minimum absolute atomic E-state index is 0.179. The lowest BCUT2D eigenvalue weighted by Gasteiger charge is -1.96. The van der Waals surface area contributed by atoms with Gasteiger partial charge in [0.15, 0.2) is 0 Å². The topological polar surface area (TPSA) is 26.0 Å². The summed E-state index contributed by atoms with van der Waals surface area (Å²) in [5.74, 6) is 0.867. The van der Waals surface area contributed by atoms with Crippen LogP contribution in [0.1, 0.15) is 26.7 Å². The van der Waals surface area contributed by atoms with Gasteiger partial charge in [-0.1, -0.05) is 23.8 Å². The lowest BCUT2D eigenvalue weighted by Crippen LogP contribution is -2.10. The maximum Gasteiger partial charge on any atom is 0.0200 e. The summed E-state index contributed by atoms with van der Waals surface area (Å²) in [7, 11) is 0. The van der Waals surface area contributed by atoms with E-state index in [0.29, 0.717) is 0 Å². The second-order valence-corrected chi connectivity index (χ2v) is 3.47. The van der Waals surface area contributed by atoms with Crippen LogP contribution in [0.3, 0.4) is 0 Å². The van der Waals surface area contributed by atoms with Crippen molar-refractivity contribution in [3.8, 4) is 0 Å². The highest BCUT2D eigenvalue weighted by Gasteiger charge is 2.16. The van der Waals surface area contributed by atoms with E-state index in [1.165, 1.54) is 18.4 Å². The highest BCUT2D eigenvalue weighted by atomic mass is 14.6. The lowest BCUT2D eigenvalue weighted by atomic mass is 10.2. The molecule has 11 heavy (non-hydrogen) atoms. The van der Waals surface area contributed by atoms with Crippen LogP contribution in [-0.2, 0) is 0 Å². The number of nitrogens with two attached hydrogens (primary N) is 1. The molecule has 0 saturated heterocycles. The number of allylic oxidation sites excluding steroid dienone is 3. The molecule has 62 valence electrons. The van der Waals surface area contributed by atoms with Crippen molar-refractivity contribution in [3.63, 3.8) is 0 Å². The maximum atomic E-state index is 5.61. The third kappa shape index (κ3) is 3.99. The summed E-state index contributed by atoms with van der Waals surface area (Å²) >= 11 is 0. The smallest absolute Gasteiger partial charge is 0.0200 e. The maximum absolute atomic E-state index is 5.61. The van der Waals surface area contributed by atoms with Crippen molar-refractivity contribution in [3.05, 3.63) is 23.8 Å². The zero-order valence-electron chi connectivity index (χ0n) is 7.38. The van der Waals surface area contributed by atoms with Crippen molar-refractivity contribution in [1.29, 1.82) is 0 Å². The van der Waals surface area contributed by atoms with Crippen LogP contribution in [-0.4, -0.2) is 6.04 Å². The Morgan fingerprint density at radius 1 is 1.55 bits per heavy atom. The first kappa shape index (κ1) is 8.54. The SMILES string of the molecule is CC(/C=C\C1CC1)=C\C(C)N. The van der Waals surface area contributed by atoms with Gasteiger partial charge in [-0.2, -0.15) is 0 Å². The summed E-state index contributed by atoms with van der Waals surface area (Å²) in [4.78, 5) is 0. The Morgan fingerprint density at radius 3 is 2.64 bits per heavy atom. The average Bonchev–Trinajstić information content (AvgIpc) is 2.63. The molecular formula is C10H17N. The fourth-order valence-corrected chi connectivity index (χ4v) is 1.05. The first-order valence-electron chi connectivity index (χ1n) is 4.30. The van der Waals surface area contributed by atoms with Gasteiger partial charge in [-0.3, -0.25) is 0 Å². The minimum atomic E-state index is 0.179. The van der Waals surface area contributed by atoms with E-state index in [1.807, 2.05) is 6.92 Å². The monoisotopic (exact) mass is 151 g/mol. The molecule has 1 fully saturated rings. The number of hydrogen-bond donors (Lipinski definition) is 1. The molecule has 0 heterocycles. The van der Waals surface area contributed by atoms with E-state index < -0.39 is 0 Å². The molecular weight excluding hydrogens is 134 g/mol. The molecule has 1 aliphatic carbocycles. The molecule has 0 radical (unpaired) electrons. The molecule has 0 aromatic rings. The minimum Gasteiger partial charge on any atom is -0.325 e. The standard InChI is InChI=1S/C10H17N/c1-8(7-9(2)11)3-4-10-5-6-10/h3-4,7,9-10H,5-6,11H2,1-2H3/b4-3-,8-7+. The third-order valence-electron chi connectivity index (χ3n) is 1.78. The molecule has 1 saturated carbocycles. The van der Waals surface area contributed by atoms with Crippen molar-refractivity contribution in [2.24, 2.45) is 11.7 Å². The Morgan fingerprint density at radius 2 is 2.18 bits per heavy atom. The predicted molar refractivity (Wildman–Crippen MR) is 49.3 cm³/mol. The number of rotatable bonds is 3. The van der Waals surface area contributed by atoms with E-state index in [4.69, 9.17) is 5.73 Å². The zero-order valence-corrected chi connectivity index (χ0v) is 7.38. The molecule has 0 amide bonds. The lowest BCUT2D eigenvalue weighted by molar-refractivity contribution is 0.917. The Hall–Kier alpha value is -0.560. The van der Waals surface area contributed by atoms with Gasteiger partial charge in [0.1, 0.15) is 0 Å². The van der Waals surface area contributed by atoms with Crippen LogP contribution in [0, 0.1) is 5.92 Å². The van der Waals surface area contributed by atoms with Gasteiger partial charge in [-0.15, -0.1) is 0 Å². The molecule has 1 heteroatoms. The van der Waals surface area contributed by atoms with E-state index in [9.17, 15) is 0 Å². The summed E-state index contributed by atoms with van der Waals surface area (Å²) in [6, 6.07) is 0.179. The van der Waals surface area contributed by atoms with Gasteiger partial charge in [-0.05, 0) is 32.6 Å². The Kier molecular flexibility index (Phi) is 2.89. The van der Waals surface area contributed by atoms with Crippen molar-refractivity contribution >= 4 is 0 Å². The molecule has 0 aromatic heterocycles. The third-order valence-corrected chi connectivity index (χ3v) is 1.78. The quantitative estimate of drug-likeness (QED) is 0.615. The Bertz CT molecular complexity index is 173. The Labute approximate surface area is 69.0 Å². The second kappa shape index (κ2) is 3.72. The van der Waals surface area contributed by atoms with Crippen molar-refractivity contribution < 1.29 is 0 Å². The Balaban J connectivity index is 2.33. The van der Waals surface area contributed by atoms with Crippen LogP contribution in [0.5, 0.6) is 0 Å². The summed E-state index contributed by atoms with van der Waals surface area (Å²) in [6.07, 6.45) is 9.30. The molecule has 0 aliphatic heterocycles. The normalized spacial score (nSPS) is 22.6. The number of hydrogen-bond acceptors (Lipinski definition) is 1. The van der Waals surface area contributed by atoms with Crippen LogP contribution in [0.4, 0.5) is 0 Å². The van der Waals surface area contributed by atoms with Crippen LogP contribution in [0.25, 0.3) is 0 Å². The zero-order chi connectivity index (χ0) is 8.27. The largest absolute Gasteiger partial charge is 0.325 e. The van der Waals surface area contributed by atoms with Crippen molar-refractivity contribution in [2.75, 3.05) is 0 Å². The van der Waals surface area contributed by atoms with Crippen LogP contribution >= 0.6 is 0 Å². The molecule has 0 spiro atoms. The van der Waals surface area contributed by atoms with Crippen molar-refractivity contribution in [2.45, 2.75) is 32.7 Å². The van der Waals surface area contributed by atoms with E-state index in [0.717, 1.165) is 5.92 Å². The summed E-state index contributed by atoms with van der Waals surface area (Å²) in [5.41, 5.74) is 6.89. The molecule has 2 N–H and O–H groups in total. The van der Waals surface area contributed by atoms with Gasteiger partial charge >= 0.3 is 0 Å². The van der Waals surface area contributed by atoms with Crippen LogP contribution < -0.4 is 5.73 Å². The van der Waals surface area contributed by atoms with Gasteiger partial charge in [0, 0.05) is 6.04 Å². The first-order valence-corrected chi connectivity index (χ1v) is 4.30. The van der Waals surface area contributed by atoms with Gasteiger partial charge in [0.25, 0.3) is 0 Å². The average molecular weight is 151 g/mol. The van der Waals surface area contributed by atoms with E-state index >= 15 is 0 Å². The van der Waals surface area contributed by atoms with E-state index in [-0.39, 0.29) is 6.04 Å². The highest BCUT2D eigenvalue weighted by Crippen LogP contribution is 2.30. The van der Waals surface area contributed by atoms with E-state index in [1.54, 1.807) is 0 Å². The summed E-state index contributed by atoms with van der Waals surface area (Å²) in [6.45, 7) is 4.09. The van der Waals surface area contributed by atoms with E-state index in [2.05, 4.69) is 25.2 Å². The van der Waals surface area contributed by atoms with Crippen LogP contribution in [0.15, 0.2) is 23.8 Å². The fourth-order valence-electron chi connectivity index (χ4n) is 1.05. The van der Waals surface area contributed by atoms with Crippen molar-refractivity contribution in [1.82, 2.24) is 0 Å². The predicted octanol–water partition coefficient (Wildman–Crippen LogP) is 2.25. The van der Waals surface area contributed by atoms with Gasteiger partial charge in [0.05, 0.1) is 0 Å².